The number of ether oxygens (including phenoxy) is 1. The van der Waals surface area contributed by atoms with Crippen LogP contribution >= 0.6 is 15.9 Å². The molecule has 1 atom stereocenters. The van der Waals surface area contributed by atoms with E-state index in [0.29, 0.717) is 5.75 Å². The summed E-state index contributed by atoms with van der Waals surface area (Å²) in [6.07, 6.45) is 2.11. The lowest BCUT2D eigenvalue weighted by Crippen LogP contribution is -2.36. The van der Waals surface area contributed by atoms with Gasteiger partial charge >= 0.3 is 0 Å². The van der Waals surface area contributed by atoms with Gasteiger partial charge in [0.15, 0.2) is 0 Å². The van der Waals surface area contributed by atoms with E-state index in [1.54, 1.807) is 7.11 Å². The fraction of sp³-hybridized carbons (Fsp3) is 0.429. The largest absolute Gasteiger partial charge is 0.495 e. The number of benzene rings is 1. The molecule has 0 radical (unpaired) electrons. The van der Waals surface area contributed by atoms with E-state index in [0.717, 1.165) is 23.0 Å². The van der Waals surface area contributed by atoms with Crippen molar-refractivity contribution in [1.82, 2.24) is 4.90 Å². The lowest BCUT2D eigenvalue weighted by Gasteiger charge is -2.15. The van der Waals surface area contributed by atoms with Gasteiger partial charge in [0.2, 0.25) is 5.91 Å². The molecule has 106 valence electrons. The zero-order valence-corrected chi connectivity index (χ0v) is 12.6. The Morgan fingerprint density at radius 2 is 2.10 bits per heavy atom. The van der Waals surface area contributed by atoms with Gasteiger partial charge in [0.1, 0.15) is 11.8 Å². The van der Waals surface area contributed by atoms with Gasteiger partial charge in [-0.25, -0.2) is 0 Å². The molecule has 0 bridgehead atoms. The highest BCUT2D eigenvalue weighted by Crippen LogP contribution is 2.33. The van der Waals surface area contributed by atoms with Crippen LogP contribution in [-0.4, -0.2) is 35.9 Å². The maximum atomic E-state index is 12.2. The lowest BCUT2D eigenvalue weighted by atomic mass is 10.2. The maximum Gasteiger partial charge on any atom is 0.252 e. The molecule has 1 aliphatic heterocycles. The van der Waals surface area contributed by atoms with E-state index >= 15 is 0 Å². The van der Waals surface area contributed by atoms with E-state index in [2.05, 4.69) is 21.2 Å². The van der Waals surface area contributed by atoms with E-state index in [-0.39, 0.29) is 24.3 Å². The van der Waals surface area contributed by atoms with Crippen molar-refractivity contribution >= 4 is 33.4 Å². The number of halogens is 1. The van der Waals surface area contributed by atoms with Gasteiger partial charge in [-0.05, 0) is 40.9 Å². The van der Waals surface area contributed by atoms with Gasteiger partial charge in [0.05, 0.1) is 18.0 Å². The lowest BCUT2D eigenvalue weighted by molar-refractivity contribution is -0.139. The van der Waals surface area contributed by atoms with Crippen LogP contribution in [0.5, 0.6) is 5.75 Å². The van der Waals surface area contributed by atoms with Gasteiger partial charge in [-0.3, -0.25) is 14.5 Å². The second-order valence-corrected chi connectivity index (χ2v) is 5.94. The first kappa shape index (κ1) is 13.4. The first-order valence-corrected chi connectivity index (χ1v) is 7.35. The van der Waals surface area contributed by atoms with Crippen molar-refractivity contribution in [2.75, 3.05) is 12.4 Å². The highest BCUT2D eigenvalue weighted by Gasteiger charge is 2.46. The molecule has 3 rings (SSSR count). The molecule has 1 heterocycles. The van der Waals surface area contributed by atoms with E-state index in [1.165, 1.54) is 4.90 Å². The SMILES string of the molecule is COc1cc(NC2CC(=O)N(C3CC3)C2=O)ccc1Br. The minimum Gasteiger partial charge on any atom is -0.495 e. The van der Waals surface area contributed by atoms with Crippen LogP contribution in [-0.2, 0) is 9.59 Å². The van der Waals surface area contributed by atoms with E-state index < -0.39 is 6.04 Å². The number of likely N-dealkylation sites (tertiary alicyclic amines) is 1. The minimum absolute atomic E-state index is 0.0703. The molecule has 2 fully saturated rings. The molecule has 1 unspecified atom stereocenters. The quantitative estimate of drug-likeness (QED) is 0.854. The van der Waals surface area contributed by atoms with Crippen LogP contribution in [0, 0.1) is 0 Å². The van der Waals surface area contributed by atoms with Crippen LogP contribution in [0.15, 0.2) is 22.7 Å². The predicted molar refractivity (Wildman–Crippen MR) is 77.6 cm³/mol. The van der Waals surface area contributed by atoms with Crippen LogP contribution in [0.2, 0.25) is 0 Å². The molecule has 1 N–H and O–H groups in total. The average molecular weight is 339 g/mol. The highest BCUT2D eigenvalue weighted by molar-refractivity contribution is 9.10. The summed E-state index contributed by atoms with van der Waals surface area (Å²) in [4.78, 5) is 25.5. The van der Waals surface area contributed by atoms with E-state index in [9.17, 15) is 9.59 Å². The molecule has 0 spiro atoms. The highest BCUT2D eigenvalue weighted by atomic mass is 79.9. The zero-order chi connectivity index (χ0) is 14.3. The number of nitrogens with zero attached hydrogens (tertiary/aromatic N) is 1. The molecule has 0 aromatic heterocycles. The zero-order valence-electron chi connectivity index (χ0n) is 11.1. The summed E-state index contributed by atoms with van der Waals surface area (Å²) >= 11 is 3.38. The van der Waals surface area contributed by atoms with Gasteiger partial charge in [0, 0.05) is 17.8 Å². The summed E-state index contributed by atoms with van der Waals surface area (Å²) in [7, 11) is 1.59. The maximum absolute atomic E-state index is 12.2. The number of nitrogens with one attached hydrogen (secondary N) is 1. The Morgan fingerprint density at radius 1 is 1.35 bits per heavy atom. The van der Waals surface area contributed by atoms with Crippen molar-refractivity contribution in [1.29, 1.82) is 0 Å². The number of amides is 2. The Balaban J connectivity index is 1.75. The Morgan fingerprint density at radius 3 is 2.75 bits per heavy atom. The van der Waals surface area contributed by atoms with E-state index in [4.69, 9.17) is 4.74 Å². The number of anilines is 1. The Hall–Kier alpha value is -1.56. The van der Waals surface area contributed by atoms with Crippen molar-refractivity contribution in [2.24, 2.45) is 0 Å². The monoisotopic (exact) mass is 338 g/mol. The summed E-state index contributed by atoms with van der Waals surface area (Å²) in [6, 6.07) is 5.18. The van der Waals surface area contributed by atoms with Gasteiger partial charge < -0.3 is 10.1 Å². The van der Waals surface area contributed by atoms with Crippen LogP contribution in [0.1, 0.15) is 19.3 Å². The molecular weight excluding hydrogens is 324 g/mol. The third-order valence-corrected chi connectivity index (χ3v) is 4.24. The fourth-order valence-electron chi connectivity index (χ4n) is 2.43. The van der Waals surface area contributed by atoms with Crippen molar-refractivity contribution in [3.8, 4) is 5.75 Å². The van der Waals surface area contributed by atoms with Gasteiger partial charge in [-0.2, -0.15) is 0 Å². The number of carbonyl (C=O) groups excluding carboxylic acids is 2. The molecule has 5 nitrogen and oxygen atoms in total. The molecular formula is C14H15BrN2O3. The van der Waals surface area contributed by atoms with Crippen molar-refractivity contribution < 1.29 is 14.3 Å². The molecule has 1 aromatic rings. The molecule has 1 aromatic carbocycles. The molecule has 20 heavy (non-hydrogen) atoms. The second-order valence-electron chi connectivity index (χ2n) is 5.08. The molecule has 1 aliphatic carbocycles. The Labute approximate surface area is 125 Å². The smallest absolute Gasteiger partial charge is 0.252 e. The van der Waals surface area contributed by atoms with Crippen LogP contribution in [0.4, 0.5) is 5.69 Å². The van der Waals surface area contributed by atoms with Crippen molar-refractivity contribution in [3.05, 3.63) is 22.7 Å². The first-order valence-electron chi connectivity index (χ1n) is 6.56. The number of methoxy groups -OCH3 is 1. The number of rotatable bonds is 4. The normalized spacial score (nSPS) is 22.3. The number of imide groups is 1. The summed E-state index contributed by atoms with van der Waals surface area (Å²) in [5, 5.41) is 3.12. The first-order chi connectivity index (χ1) is 9.60. The summed E-state index contributed by atoms with van der Waals surface area (Å²) < 4.78 is 6.06. The molecule has 2 aliphatic rings. The molecule has 6 heteroatoms. The molecule has 2 amide bonds. The fourth-order valence-corrected chi connectivity index (χ4v) is 2.84. The van der Waals surface area contributed by atoms with Crippen LogP contribution in [0.3, 0.4) is 0 Å². The van der Waals surface area contributed by atoms with Crippen molar-refractivity contribution in [2.45, 2.75) is 31.3 Å². The summed E-state index contributed by atoms with van der Waals surface area (Å²) in [5.41, 5.74) is 0.772. The summed E-state index contributed by atoms with van der Waals surface area (Å²) in [5.74, 6) is 0.504. The van der Waals surface area contributed by atoms with Gasteiger partial charge in [-0.1, -0.05) is 0 Å². The molecule has 1 saturated carbocycles. The van der Waals surface area contributed by atoms with Gasteiger partial charge in [0.25, 0.3) is 5.91 Å². The second kappa shape index (κ2) is 5.09. The van der Waals surface area contributed by atoms with Crippen molar-refractivity contribution in [3.63, 3.8) is 0 Å². The average Bonchev–Trinajstić information content (AvgIpc) is 3.20. The standard InChI is InChI=1S/C14H15BrN2O3/c1-20-12-6-8(2-5-10(12)15)16-11-7-13(18)17(14(11)19)9-3-4-9/h2,5-6,9,11,16H,3-4,7H2,1H3. The number of hydrogen-bond donors (Lipinski definition) is 1. The van der Waals surface area contributed by atoms with E-state index in [1.807, 2.05) is 18.2 Å². The van der Waals surface area contributed by atoms with Crippen LogP contribution in [0.25, 0.3) is 0 Å². The summed E-state index contributed by atoms with van der Waals surface area (Å²) in [6.45, 7) is 0. The minimum atomic E-state index is -0.464. The van der Waals surface area contributed by atoms with Crippen LogP contribution < -0.4 is 10.1 Å². The van der Waals surface area contributed by atoms with Gasteiger partial charge in [-0.15, -0.1) is 0 Å². The Kier molecular flexibility index (Phi) is 3.41. The number of hydrogen-bond acceptors (Lipinski definition) is 4. The third-order valence-electron chi connectivity index (χ3n) is 3.59. The number of carbonyl (C=O) groups is 2. The third kappa shape index (κ3) is 2.40. The molecule has 1 saturated heterocycles. The topological polar surface area (TPSA) is 58.6 Å². The Bertz CT molecular complexity index is 572. The predicted octanol–water partition coefficient (Wildman–Crippen LogP) is 2.16.